The zero-order valence-corrected chi connectivity index (χ0v) is 14.8. The number of aryl methyl sites for hydroxylation is 1. The van der Waals surface area contributed by atoms with E-state index in [1.54, 1.807) is 6.92 Å². The molecule has 6 nitrogen and oxygen atoms in total. The number of nitro groups is 1. The maximum atomic E-state index is 12.9. The van der Waals surface area contributed by atoms with Gasteiger partial charge in [0.15, 0.2) is 4.34 Å². The van der Waals surface area contributed by atoms with Crippen LogP contribution in [0.25, 0.3) is 0 Å². The number of primary amides is 1. The molecule has 0 aliphatic carbocycles. The van der Waals surface area contributed by atoms with Crippen LogP contribution in [0.1, 0.15) is 16.1 Å². The van der Waals surface area contributed by atoms with Gasteiger partial charge in [-0.3, -0.25) is 14.9 Å². The van der Waals surface area contributed by atoms with E-state index in [-0.39, 0.29) is 11.3 Å². The molecular weight excluding hydrogens is 403 g/mol. The van der Waals surface area contributed by atoms with Crippen LogP contribution in [-0.2, 0) is 17.4 Å². The molecule has 1 aromatic carbocycles. The maximum Gasteiger partial charge on any atom is 0.418 e. The first-order valence-corrected chi connectivity index (χ1v) is 8.47. The van der Waals surface area contributed by atoms with Crippen molar-refractivity contribution >= 4 is 46.3 Å². The fraction of sp³-hybridized carbons (Fsp3) is 0.231. The Morgan fingerprint density at radius 1 is 1.48 bits per heavy atom. The summed E-state index contributed by atoms with van der Waals surface area (Å²) in [4.78, 5) is 25.8. The number of carbonyl (C=O) groups excluding carboxylic acids is 1. The number of carbonyl (C=O) groups is 1. The van der Waals surface area contributed by atoms with Gasteiger partial charge in [-0.25, -0.2) is 4.98 Å². The summed E-state index contributed by atoms with van der Waals surface area (Å²) < 4.78 is 38.9. The van der Waals surface area contributed by atoms with Crippen LogP contribution in [-0.4, -0.2) is 15.8 Å². The second-order valence-electron chi connectivity index (χ2n) is 4.79. The molecule has 134 valence electrons. The minimum Gasteiger partial charge on any atom is -0.369 e. The molecule has 2 aromatic rings. The Hall–Kier alpha value is -1.85. The Balaban J connectivity index is 2.44. The van der Waals surface area contributed by atoms with Gasteiger partial charge in [0.25, 0.3) is 5.69 Å². The highest BCUT2D eigenvalue weighted by atomic mass is 35.5. The van der Waals surface area contributed by atoms with Crippen LogP contribution < -0.4 is 5.73 Å². The first-order chi connectivity index (χ1) is 11.5. The Morgan fingerprint density at radius 2 is 2.12 bits per heavy atom. The molecule has 0 saturated heterocycles. The van der Waals surface area contributed by atoms with Crippen molar-refractivity contribution in [1.82, 2.24) is 4.98 Å². The van der Waals surface area contributed by atoms with Crippen molar-refractivity contribution in [2.75, 3.05) is 0 Å². The highest BCUT2D eigenvalue weighted by molar-refractivity contribution is 8.01. The number of aromatic nitrogens is 1. The number of nitrogens with zero attached hydrogens (tertiary/aromatic N) is 2. The van der Waals surface area contributed by atoms with Crippen LogP contribution in [0.15, 0.2) is 21.4 Å². The predicted octanol–water partition coefficient (Wildman–Crippen LogP) is 4.21. The molecular formula is C13H9ClF3N3O3S2. The van der Waals surface area contributed by atoms with E-state index < -0.39 is 33.3 Å². The van der Waals surface area contributed by atoms with Crippen molar-refractivity contribution < 1.29 is 22.9 Å². The SMILES string of the molecule is Cc1nc(Sc2cc(Cl)c(C(F)(F)F)cc2[N+](=O)[O-])sc1CC(N)=O. The topological polar surface area (TPSA) is 99.1 Å². The monoisotopic (exact) mass is 411 g/mol. The van der Waals surface area contributed by atoms with E-state index in [0.717, 1.165) is 29.2 Å². The Morgan fingerprint density at radius 3 is 2.64 bits per heavy atom. The van der Waals surface area contributed by atoms with Crippen molar-refractivity contribution in [2.24, 2.45) is 5.73 Å². The van der Waals surface area contributed by atoms with Crippen LogP contribution >= 0.6 is 34.7 Å². The van der Waals surface area contributed by atoms with E-state index in [4.69, 9.17) is 17.3 Å². The Kier molecular flexibility index (Phi) is 5.59. The summed E-state index contributed by atoms with van der Waals surface area (Å²) in [7, 11) is 0. The summed E-state index contributed by atoms with van der Waals surface area (Å²) >= 11 is 7.51. The molecule has 0 fully saturated rings. The summed E-state index contributed by atoms with van der Waals surface area (Å²) in [5.41, 5.74) is 3.62. The smallest absolute Gasteiger partial charge is 0.369 e. The third kappa shape index (κ3) is 4.61. The van der Waals surface area contributed by atoms with Crippen LogP contribution in [0.5, 0.6) is 0 Å². The lowest BCUT2D eigenvalue weighted by molar-refractivity contribution is -0.388. The van der Waals surface area contributed by atoms with Gasteiger partial charge in [0.1, 0.15) is 0 Å². The van der Waals surface area contributed by atoms with Gasteiger partial charge in [-0.05, 0) is 13.0 Å². The second-order valence-corrected chi connectivity index (χ2v) is 7.57. The molecule has 0 atom stereocenters. The molecule has 1 amide bonds. The molecule has 0 bridgehead atoms. The summed E-state index contributed by atoms with van der Waals surface area (Å²) in [6.45, 7) is 1.63. The van der Waals surface area contributed by atoms with Crippen molar-refractivity contribution in [3.8, 4) is 0 Å². The lowest BCUT2D eigenvalue weighted by Crippen LogP contribution is -2.13. The number of nitrogens with two attached hydrogens (primary N) is 1. The van der Waals surface area contributed by atoms with E-state index in [1.807, 2.05) is 0 Å². The second kappa shape index (κ2) is 7.18. The van der Waals surface area contributed by atoms with Crippen LogP contribution in [0.4, 0.5) is 18.9 Å². The van der Waals surface area contributed by atoms with E-state index in [1.165, 1.54) is 0 Å². The largest absolute Gasteiger partial charge is 0.418 e. The van der Waals surface area contributed by atoms with Crippen LogP contribution in [0, 0.1) is 17.0 Å². The molecule has 12 heteroatoms. The third-order valence-electron chi connectivity index (χ3n) is 2.96. The average Bonchev–Trinajstić information content (AvgIpc) is 2.76. The van der Waals surface area contributed by atoms with Crippen molar-refractivity contribution in [3.05, 3.63) is 43.4 Å². The Bertz CT molecular complexity index is 855. The first kappa shape index (κ1) is 19.5. The number of thiazole rings is 1. The highest BCUT2D eigenvalue weighted by Crippen LogP contribution is 2.44. The van der Waals surface area contributed by atoms with E-state index in [2.05, 4.69) is 4.98 Å². The number of hydrogen-bond donors (Lipinski definition) is 1. The van der Waals surface area contributed by atoms with Crippen molar-refractivity contribution in [2.45, 2.75) is 28.8 Å². The molecule has 0 unspecified atom stereocenters. The quantitative estimate of drug-likeness (QED) is 0.586. The van der Waals surface area contributed by atoms with Gasteiger partial charge in [-0.2, -0.15) is 13.2 Å². The average molecular weight is 412 g/mol. The number of hydrogen-bond acceptors (Lipinski definition) is 6. The van der Waals surface area contributed by atoms with Gasteiger partial charge >= 0.3 is 6.18 Å². The number of benzene rings is 1. The highest BCUT2D eigenvalue weighted by Gasteiger charge is 2.36. The van der Waals surface area contributed by atoms with E-state index >= 15 is 0 Å². The van der Waals surface area contributed by atoms with Crippen LogP contribution in [0.2, 0.25) is 5.02 Å². The molecule has 2 rings (SSSR count). The molecule has 0 aliphatic rings. The zero-order valence-electron chi connectivity index (χ0n) is 12.4. The first-order valence-electron chi connectivity index (χ1n) is 6.46. The normalized spacial score (nSPS) is 11.6. The zero-order chi connectivity index (χ0) is 18.9. The summed E-state index contributed by atoms with van der Waals surface area (Å²) in [6.07, 6.45) is -4.85. The summed E-state index contributed by atoms with van der Waals surface area (Å²) in [5, 5.41) is 10.5. The van der Waals surface area contributed by atoms with Gasteiger partial charge < -0.3 is 5.73 Å². The van der Waals surface area contributed by atoms with E-state index in [0.29, 0.717) is 21.0 Å². The lowest BCUT2D eigenvalue weighted by atomic mass is 10.2. The minimum absolute atomic E-state index is 0.0417. The molecule has 0 aliphatic heterocycles. The standard InChI is InChI=1S/C13H9ClF3N3O3S2/c1-5-9(4-11(18)21)24-12(19-5)25-10-3-7(14)6(13(15,16)17)2-8(10)20(22)23/h2-3H,4H2,1H3,(H2,18,21). The molecule has 0 saturated carbocycles. The number of alkyl halides is 3. The van der Waals surface area contributed by atoms with Gasteiger partial charge in [0, 0.05) is 10.9 Å². The number of rotatable bonds is 5. The summed E-state index contributed by atoms with van der Waals surface area (Å²) in [5.74, 6) is -0.563. The number of nitro benzene ring substituents is 1. The Labute approximate surface area is 152 Å². The van der Waals surface area contributed by atoms with Crippen LogP contribution in [0.3, 0.4) is 0 Å². The van der Waals surface area contributed by atoms with E-state index in [9.17, 15) is 28.1 Å². The van der Waals surface area contributed by atoms with Gasteiger partial charge in [0.05, 0.1) is 32.5 Å². The fourth-order valence-electron chi connectivity index (χ4n) is 1.85. The molecule has 25 heavy (non-hydrogen) atoms. The third-order valence-corrected chi connectivity index (χ3v) is 5.53. The molecule has 2 N–H and O–H groups in total. The van der Waals surface area contributed by atoms with Crippen molar-refractivity contribution in [3.63, 3.8) is 0 Å². The van der Waals surface area contributed by atoms with Gasteiger partial charge in [-0.1, -0.05) is 23.4 Å². The molecule has 1 heterocycles. The molecule has 0 spiro atoms. The fourth-order valence-corrected chi connectivity index (χ4v) is 4.51. The minimum atomic E-state index is -4.81. The summed E-state index contributed by atoms with van der Waals surface area (Å²) in [6, 6.07) is 1.28. The molecule has 1 aromatic heterocycles. The molecule has 0 radical (unpaired) electrons. The lowest BCUT2D eigenvalue weighted by Gasteiger charge is -2.10. The number of amides is 1. The van der Waals surface area contributed by atoms with Gasteiger partial charge in [0.2, 0.25) is 5.91 Å². The predicted molar refractivity (Wildman–Crippen MR) is 87.0 cm³/mol. The maximum absolute atomic E-state index is 12.9. The number of halogens is 4. The van der Waals surface area contributed by atoms with Gasteiger partial charge in [-0.15, -0.1) is 11.3 Å². The van der Waals surface area contributed by atoms with Crippen molar-refractivity contribution in [1.29, 1.82) is 0 Å².